The van der Waals surface area contributed by atoms with Crippen LogP contribution in [-0.4, -0.2) is 45.6 Å². The first-order valence-electron chi connectivity index (χ1n) is 16.1. The summed E-state index contributed by atoms with van der Waals surface area (Å²) in [5.41, 5.74) is -12.4. The predicted molar refractivity (Wildman–Crippen MR) is 164 cm³/mol. The van der Waals surface area contributed by atoms with Crippen molar-refractivity contribution in [3.05, 3.63) is 22.8 Å². The first kappa shape index (κ1) is 44.6. The fraction of sp³-hybridized carbons (Fsp3) is 0.897. The molecule has 0 unspecified atom stereocenters. The first-order chi connectivity index (χ1) is 21.6. The van der Waals surface area contributed by atoms with Crippen LogP contribution in [0.2, 0.25) is 0 Å². The van der Waals surface area contributed by atoms with Gasteiger partial charge in [0.25, 0.3) is 0 Å². The second kappa shape index (κ2) is 24.7. The van der Waals surface area contributed by atoms with Gasteiger partial charge in [-0.25, -0.2) is 26.0 Å². The number of unbranched alkanes of at least 4 members (excludes halogenated alkanes) is 16. The van der Waals surface area contributed by atoms with E-state index in [2.05, 4.69) is 41.7 Å². The molecule has 0 saturated heterocycles. The van der Waals surface area contributed by atoms with E-state index in [0.717, 1.165) is 17.3 Å². The van der Waals surface area contributed by atoms with Crippen molar-refractivity contribution in [3.8, 4) is 0 Å². The van der Waals surface area contributed by atoms with Crippen LogP contribution >= 0.6 is 0 Å². The molecular formula is C29H53F6N3O6S2. The maximum atomic E-state index is 11.4. The van der Waals surface area contributed by atoms with Crippen LogP contribution in [0.5, 0.6) is 0 Å². The van der Waals surface area contributed by atoms with Crippen molar-refractivity contribution in [2.45, 2.75) is 154 Å². The van der Waals surface area contributed by atoms with Gasteiger partial charge in [-0.05, 0) is 12.8 Å². The predicted octanol–water partition coefficient (Wildman–Crippen LogP) is 8.84. The molecule has 0 spiro atoms. The van der Waals surface area contributed by atoms with Gasteiger partial charge in [-0.1, -0.05) is 117 Å². The van der Waals surface area contributed by atoms with E-state index < -0.39 is 31.1 Å². The lowest BCUT2D eigenvalue weighted by Gasteiger charge is -2.22. The zero-order chi connectivity index (χ0) is 35.0. The number of rotatable bonds is 26. The van der Waals surface area contributed by atoms with E-state index in [4.69, 9.17) is 9.47 Å². The van der Waals surface area contributed by atoms with Crippen molar-refractivity contribution in [3.63, 3.8) is 0 Å². The lowest BCUT2D eigenvalue weighted by atomic mass is 10.1. The Morgan fingerprint density at radius 2 is 0.978 bits per heavy atom. The third-order valence-electron chi connectivity index (χ3n) is 6.79. The van der Waals surface area contributed by atoms with Gasteiger partial charge in [0.2, 0.25) is 6.33 Å². The van der Waals surface area contributed by atoms with E-state index in [0.29, 0.717) is 13.5 Å². The highest BCUT2D eigenvalue weighted by Gasteiger charge is 2.46. The normalized spacial score (nSPS) is 12.7. The molecule has 0 bridgehead atoms. The summed E-state index contributed by atoms with van der Waals surface area (Å²) >= 11 is 0. The Morgan fingerprint density at radius 3 is 1.37 bits per heavy atom. The van der Waals surface area contributed by atoms with Gasteiger partial charge in [0, 0.05) is 0 Å². The monoisotopic (exact) mass is 717 g/mol. The molecule has 1 heterocycles. The molecule has 0 atom stereocenters. The van der Waals surface area contributed by atoms with Gasteiger partial charge in [0.15, 0.2) is 33.5 Å². The van der Waals surface area contributed by atoms with Gasteiger partial charge in [-0.2, -0.15) is 26.3 Å². The van der Waals surface area contributed by atoms with Gasteiger partial charge >= 0.3 is 11.0 Å². The number of halogens is 6. The fourth-order valence-corrected chi connectivity index (χ4v) is 5.88. The average Bonchev–Trinajstić information content (AvgIpc) is 3.41. The number of hydrogen-bond acceptors (Lipinski definition) is 6. The van der Waals surface area contributed by atoms with Crippen molar-refractivity contribution in [1.29, 1.82) is 0 Å². The van der Waals surface area contributed by atoms with Crippen molar-refractivity contribution in [2.75, 3.05) is 13.2 Å². The molecule has 0 aliphatic heterocycles. The number of aromatic nitrogens is 2. The topological polar surface area (TPSA) is 110 Å². The molecule has 9 nitrogen and oxygen atoms in total. The van der Waals surface area contributed by atoms with E-state index in [1.165, 1.54) is 116 Å². The minimum Gasteiger partial charge on any atom is -0.421 e. The SMILES string of the molecule is CCCCCCCCCCCOCn1cc[n+](COCCCCCCCCCCC)c1.O=S(=O)([N-]S(=O)(=O)C(F)(F)F)C(F)(F)F. The highest BCUT2D eigenvalue weighted by molar-refractivity contribution is 8.13. The van der Waals surface area contributed by atoms with Gasteiger partial charge in [-0.3, -0.25) is 0 Å². The molecule has 1 aromatic heterocycles. The second-order valence-corrected chi connectivity index (χ2v) is 14.5. The van der Waals surface area contributed by atoms with Crippen LogP contribution in [-0.2, 0) is 43.0 Å². The molecule has 46 heavy (non-hydrogen) atoms. The van der Waals surface area contributed by atoms with E-state index in [-0.39, 0.29) is 0 Å². The Hall–Kier alpha value is -1.43. The van der Waals surface area contributed by atoms with Crippen LogP contribution in [0.3, 0.4) is 0 Å². The highest BCUT2D eigenvalue weighted by Crippen LogP contribution is 2.36. The quantitative estimate of drug-likeness (QED) is 0.0538. The number of hydrogen-bond donors (Lipinski definition) is 0. The summed E-state index contributed by atoms with van der Waals surface area (Å²) in [5.74, 6) is 0. The Bertz CT molecular complexity index is 1020. The highest BCUT2D eigenvalue weighted by atomic mass is 32.3. The molecule has 0 aliphatic carbocycles. The molecule has 0 saturated carbocycles. The van der Waals surface area contributed by atoms with Crippen molar-refractivity contribution < 1.29 is 57.2 Å². The molecule has 1 rings (SSSR count). The summed E-state index contributed by atoms with van der Waals surface area (Å²) in [6, 6.07) is 0. The molecule has 0 aromatic carbocycles. The number of alkyl halides is 6. The van der Waals surface area contributed by atoms with E-state index in [1.54, 1.807) is 0 Å². The van der Waals surface area contributed by atoms with E-state index in [1.807, 2.05) is 0 Å². The average molecular weight is 718 g/mol. The molecule has 0 aliphatic rings. The molecule has 274 valence electrons. The van der Waals surface area contributed by atoms with Gasteiger partial charge < -0.3 is 13.6 Å². The van der Waals surface area contributed by atoms with Crippen LogP contribution in [0, 0.1) is 0 Å². The number of imidazole rings is 1. The Labute approximate surface area is 271 Å². The maximum Gasteiger partial charge on any atom is 0.480 e. The van der Waals surface area contributed by atoms with Crippen LogP contribution in [0.1, 0.15) is 129 Å². The fourth-order valence-electron chi connectivity index (χ4n) is 4.17. The minimum atomic E-state index is -6.72. The Balaban J connectivity index is 0.00000113. The Kier molecular flexibility index (Phi) is 23.9. The second-order valence-electron chi connectivity index (χ2n) is 11.1. The van der Waals surface area contributed by atoms with Crippen molar-refractivity contribution in [1.82, 2.24) is 4.57 Å². The molecule has 0 amide bonds. The zero-order valence-electron chi connectivity index (χ0n) is 27.2. The number of nitrogens with zero attached hydrogens (tertiary/aromatic N) is 3. The van der Waals surface area contributed by atoms with Gasteiger partial charge in [0.05, 0.1) is 13.2 Å². The summed E-state index contributed by atoms with van der Waals surface area (Å²) in [5, 5.41) is 0. The molecule has 0 N–H and O–H groups in total. The molecule has 0 fully saturated rings. The standard InChI is InChI=1S/C27H53N2O2.C2F6NO4S2/c1-3-5-7-9-11-13-15-17-19-23-30-26-28-21-22-29(25-28)27-31-24-20-18-16-14-12-10-8-6-4-2;3-1(4,5)14(10,11)9-15(12,13)2(6,7)8/h21-22,25H,3-20,23-24,26-27H2,1-2H3;/q+1;-1. The largest absolute Gasteiger partial charge is 0.480 e. The van der Waals surface area contributed by atoms with Crippen molar-refractivity contribution >= 4 is 20.0 Å². The third-order valence-corrected chi connectivity index (χ3v) is 9.53. The third kappa shape index (κ3) is 22.2. The van der Waals surface area contributed by atoms with Crippen LogP contribution < -0.4 is 4.57 Å². The zero-order valence-corrected chi connectivity index (χ0v) is 28.8. The van der Waals surface area contributed by atoms with Crippen LogP contribution in [0.25, 0.3) is 4.13 Å². The summed E-state index contributed by atoms with van der Waals surface area (Å²) in [6.07, 6.45) is 30.6. The number of sulfonamides is 2. The smallest absolute Gasteiger partial charge is 0.421 e. The van der Waals surface area contributed by atoms with Crippen LogP contribution in [0.15, 0.2) is 18.7 Å². The molecule has 0 radical (unpaired) electrons. The molecular weight excluding hydrogens is 664 g/mol. The van der Waals surface area contributed by atoms with Crippen molar-refractivity contribution in [2.24, 2.45) is 0 Å². The molecule has 1 aromatic rings. The summed E-state index contributed by atoms with van der Waals surface area (Å²) in [4.78, 5) is 0. The van der Waals surface area contributed by atoms with E-state index in [9.17, 15) is 43.2 Å². The molecule has 17 heteroatoms. The van der Waals surface area contributed by atoms with Gasteiger partial charge in [0.1, 0.15) is 12.4 Å². The Morgan fingerprint density at radius 1 is 0.609 bits per heavy atom. The summed E-state index contributed by atoms with van der Waals surface area (Å²) in [7, 11) is -13.4. The van der Waals surface area contributed by atoms with Crippen LogP contribution in [0.4, 0.5) is 26.3 Å². The summed E-state index contributed by atoms with van der Waals surface area (Å²) in [6.45, 7) is 7.57. The lowest BCUT2D eigenvalue weighted by molar-refractivity contribution is -0.732. The van der Waals surface area contributed by atoms with E-state index >= 15 is 0 Å². The summed E-state index contributed by atoms with van der Waals surface area (Å²) < 4.78 is 125. The maximum absolute atomic E-state index is 11.4. The minimum absolute atomic E-state index is 0.641. The van der Waals surface area contributed by atoms with Gasteiger partial charge in [-0.15, -0.1) is 0 Å². The first-order valence-corrected chi connectivity index (χ1v) is 19.0. The lowest BCUT2D eigenvalue weighted by Crippen LogP contribution is -2.32. The number of ether oxygens (including phenoxy) is 2.